The van der Waals surface area contributed by atoms with Crippen LogP contribution in [0.5, 0.6) is 11.5 Å². The van der Waals surface area contributed by atoms with Gasteiger partial charge in [-0.1, -0.05) is 11.8 Å². The summed E-state index contributed by atoms with van der Waals surface area (Å²) >= 11 is 1.24. The van der Waals surface area contributed by atoms with E-state index in [9.17, 15) is 13.2 Å². The number of hydrogen-bond acceptors (Lipinski definition) is 7. The zero-order valence-corrected chi connectivity index (χ0v) is 15.8. The van der Waals surface area contributed by atoms with E-state index in [4.69, 9.17) is 14.7 Å². The third-order valence-corrected chi connectivity index (χ3v) is 7.37. The van der Waals surface area contributed by atoms with Gasteiger partial charge < -0.3 is 14.4 Å². The molecule has 0 bridgehead atoms. The number of sulfone groups is 1. The molecule has 8 nitrogen and oxygen atoms in total. The normalized spacial score (nSPS) is 25.0. The van der Waals surface area contributed by atoms with E-state index in [0.717, 1.165) is 0 Å². The Morgan fingerprint density at radius 2 is 2.15 bits per heavy atom. The first-order valence-electron chi connectivity index (χ1n) is 7.75. The van der Waals surface area contributed by atoms with E-state index in [1.807, 2.05) is 0 Å². The van der Waals surface area contributed by atoms with Crippen molar-refractivity contribution >= 4 is 38.4 Å². The van der Waals surface area contributed by atoms with Crippen molar-refractivity contribution in [3.8, 4) is 17.6 Å². The van der Waals surface area contributed by atoms with Crippen LogP contribution in [0.15, 0.2) is 23.2 Å². The monoisotopic (exact) mass is 395 g/mol. The quantitative estimate of drug-likeness (QED) is 0.749. The molecular weight excluding hydrogens is 378 g/mol. The van der Waals surface area contributed by atoms with Gasteiger partial charge in [0.1, 0.15) is 17.9 Å². The van der Waals surface area contributed by atoms with Crippen LogP contribution in [0, 0.1) is 11.3 Å². The minimum atomic E-state index is -3.17. The molecule has 3 rings (SSSR count). The number of carbonyl (C=O) groups is 1. The minimum Gasteiger partial charge on any atom is -0.497 e. The lowest BCUT2D eigenvalue weighted by Crippen LogP contribution is -2.38. The summed E-state index contributed by atoms with van der Waals surface area (Å²) in [6.07, 6.45) is -0.333. The standard InChI is InChI=1S/C16H17N3O5S2/c1-23-10-3-4-13(24-2)11(7-10)19-12-8-26(21,22)9-14(12)25-16(19)18-15(20)5-6-17/h3-4,7,12,14H,5,8-9H2,1-2H3/t12-,14+/m0/s1. The maximum atomic E-state index is 12.1. The average molecular weight is 395 g/mol. The molecule has 26 heavy (non-hydrogen) atoms. The summed E-state index contributed by atoms with van der Waals surface area (Å²) in [7, 11) is -0.135. The number of benzene rings is 1. The number of ether oxygens (including phenoxy) is 2. The van der Waals surface area contributed by atoms with Gasteiger partial charge in [0.05, 0.1) is 43.5 Å². The third-order valence-electron chi connectivity index (χ3n) is 4.16. The van der Waals surface area contributed by atoms with Crippen LogP contribution in [0.25, 0.3) is 0 Å². The molecule has 2 aliphatic heterocycles. The van der Waals surface area contributed by atoms with Gasteiger partial charge in [0.15, 0.2) is 15.0 Å². The molecule has 0 N–H and O–H groups in total. The van der Waals surface area contributed by atoms with Gasteiger partial charge in [-0.3, -0.25) is 4.79 Å². The van der Waals surface area contributed by atoms with Crippen molar-refractivity contribution in [3.05, 3.63) is 18.2 Å². The summed E-state index contributed by atoms with van der Waals surface area (Å²) in [6, 6.07) is 6.57. The van der Waals surface area contributed by atoms with Gasteiger partial charge in [0, 0.05) is 11.3 Å². The number of aliphatic imine (C=N–C) groups is 1. The van der Waals surface area contributed by atoms with Crippen molar-refractivity contribution in [3.63, 3.8) is 0 Å². The summed E-state index contributed by atoms with van der Waals surface area (Å²) in [5.74, 6) is 0.506. The number of rotatable bonds is 4. The molecule has 2 atom stereocenters. The molecule has 0 saturated carbocycles. The van der Waals surface area contributed by atoms with E-state index in [2.05, 4.69) is 4.99 Å². The van der Waals surface area contributed by atoms with Gasteiger partial charge >= 0.3 is 0 Å². The molecule has 2 fully saturated rings. The van der Waals surface area contributed by atoms with Crippen LogP contribution in [0.3, 0.4) is 0 Å². The van der Waals surface area contributed by atoms with E-state index in [0.29, 0.717) is 22.4 Å². The third kappa shape index (κ3) is 3.50. The van der Waals surface area contributed by atoms with Crippen LogP contribution in [-0.2, 0) is 14.6 Å². The van der Waals surface area contributed by atoms with Crippen LogP contribution in [0.1, 0.15) is 6.42 Å². The second-order valence-electron chi connectivity index (χ2n) is 5.83. The number of fused-ring (bicyclic) bond motifs is 1. The molecule has 2 aliphatic rings. The SMILES string of the molecule is COc1ccc(OC)c(N2C(=NC(=O)CC#N)S[C@@H]3CS(=O)(=O)C[C@@H]32)c1. The number of hydrogen-bond donors (Lipinski definition) is 0. The highest BCUT2D eigenvalue weighted by molar-refractivity contribution is 8.16. The van der Waals surface area contributed by atoms with E-state index in [1.165, 1.54) is 26.0 Å². The van der Waals surface area contributed by atoms with Gasteiger partial charge in [0.2, 0.25) is 0 Å². The maximum absolute atomic E-state index is 12.1. The molecule has 138 valence electrons. The van der Waals surface area contributed by atoms with Crippen LogP contribution in [-0.4, -0.2) is 56.5 Å². The molecule has 1 aromatic carbocycles. The number of thioether (sulfide) groups is 1. The Bertz CT molecular complexity index is 907. The number of carbonyl (C=O) groups excluding carboxylic acids is 1. The molecule has 0 aromatic heterocycles. The highest BCUT2D eigenvalue weighted by Crippen LogP contribution is 2.44. The fraction of sp³-hybridized carbons (Fsp3) is 0.438. The lowest BCUT2D eigenvalue weighted by Gasteiger charge is -2.26. The Morgan fingerprint density at radius 1 is 1.38 bits per heavy atom. The first kappa shape index (κ1) is 18.5. The second kappa shape index (κ2) is 7.17. The summed E-state index contributed by atoms with van der Waals surface area (Å²) in [5.41, 5.74) is 0.576. The number of amides is 1. The molecule has 10 heteroatoms. The fourth-order valence-corrected chi connectivity index (χ4v) is 6.97. The molecule has 0 spiro atoms. The van der Waals surface area contributed by atoms with Gasteiger partial charge in [-0.15, -0.1) is 0 Å². The predicted octanol–water partition coefficient (Wildman–Crippen LogP) is 1.22. The van der Waals surface area contributed by atoms with Crippen LogP contribution in [0.2, 0.25) is 0 Å². The van der Waals surface area contributed by atoms with Crippen molar-refractivity contribution in [1.82, 2.24) is 0 Å². The van der Waals surface area contributed by atoms with Crippen molar-refractivity contribution in [1.29, 1.82) is 5.26 Å². The van der Waals surface area contributed by atoms with Crippen LogP contribution in [0.4, 0.5) is 5.69 Å². The molecule has 2 saturated heterocycles. The highest BCUT2D eigenvalue weighted by Gasteiger charge is 2.50. The Hall–Kier alpha value is -2.25. The van der Waals surface area contributed by atoms with Crippen LogP contribution < -0.4 is 14.4 Å². The molecular formula is C16H17N3O5S2. The Labute approximate surface area is 155 Å². The predicted molar refractivity (Wildman–Crippen MR) is 98.5 cm³/mol. The zero-order chi connectivity index (χ0) is 18.9. The minimum absolute atomic E-state index is 0.0244. The lowest BCUT2D eigenvalue weighted by molar-refractivity contribution is -0.116. The number of nitriles is 1. The van der Waals surface area contributed by atoms with Crippen molar-refractivity contribution in [2.45, 2.75) is 17.7 Å². The molecule has 0 unspecified atom stereocenters. The molecule has 1 amide bonds. The second-order valence-corrected chi connectivity index (χ2v) is 9.19. The average Bonchev–Trinajstić information content (AvgIpc) is 3.05. The van der Waals surface area contributed by atoms with E-state index in [-0.39, 0.29) is 29.2 Å². The lowest BCUT2D eigenvalue weighted by atomic mass is 10.2. The molecule has 0 aliphatic carbocycles. The molecule has 1 aromatic rings. The zero-order valence-electron chi connectivity index (χ0n) is 14.2. The van der Waals surface area contributed by atoms with Crippen LogP contribution >= 0.6 is 11.8 Å². The number of amidine groups is 1. The largest absolute Gasteiger partial charge is 0.497 e. The summed E-state index contributed by atoms with van der Waals surface area (Å²) in [4.78, 5) is 17.6. The first-order valence-corrected chi connectivity index (χ1v) is 10.5. The van der Waals surface area contributed by atoms with Crippen molar-refractivity contribution in [2.24, 2.45) is 4.99 Å². The highest BCUT2D eigenvalue weighted by atomic mass is 32.2. The maximum Gasteiger partial charge on any atom is 0.262 e. The summed E-state index contributed by atoms with van der Waals surface area (Å²) in [6.45, 7) is 0. The van der Waals surface area contributed by atoms with Crippen molar-refractivity contribution < 1.29 is 22.7 Å². The van der Waals surface area contributed by atoms with Gasteiger partial charge in [-0.25, -0.2) is 8.42 Å². The summed E-state index contributed by atoms with van der Waals surface area (Å²) < 4.78 is 34.8. The summed E-state index contributed by atoms with van der Waals surface area (Å²) in [5, 5.41) is 8.84. The van der Waals surface area contributed by atoms with Gasteiger partial charge in [0.25, 0.3) is 5.91 Å². The molecule has 0 radical (unpaired) electrons. The number of nitrogens with zero attached hydrogens (tertiary/aromatic N) is 3. The smallest absolute Gasteiger partial charge is 0.262 e. The Balaban J connectivity index is 2.09. The first-order chi connectivity index (χ1) is 12.4. The topological polar surface area (TPSA) is 109 Å². The van der Waals surface area contributed by atoms with E-state index < -0.39 is 15.7 Å². The van der Waals surface area contributed by atoms with Gasteiger partial charge in [-0.05, 0) is 12.1 Å². The number of anilines is 1. The number of methoxy groups -OCH3 is 2. The Morgan fingerprint density at radius 3 is 2.81 bits per heavy atom. The van der Waals surface area contributed by atoms with E-state index >= 15 is 0 Å². The van der Waals surface area contributed by atoms with E-state index in [1.54, 1.807) is 29.2 Å². The molecule has 2 heterocycles. The van der Waals surface area contributed by atoms with Gasteiger partial charge in [-0.2, -0.15) is 10.3 Å². The fourth-order valence-electron chi connectivity index (χ4n) is 3.05. The van der Waals surface area contributed by atoms with Crippen molar-refractivity contribution in [2.75, 3.05) is 30.6 Å². The Kier molecular flexibility index (Phi) is 5.11.